The Hall–Kier alpha value is -3.33. The number of ether oxygens (including phenoxy) is 1. The molecule has 0 spiro atoms. The van der Waals surface area contributed by atoms with Crippen molar-refractivity contribution in [1.29, 1.82) is 0 Å². The van der Waals surface area contributed by atoms with Gasteiger partial charge in [0, 0.05) is 12.2 Å². The summed E-state index contributed by atoms with van der Waals surface area (Å²) < 4.78 is 20.0. The Labute approximate surface area is 185 Å². The van der Waals surface area contributed by atoms with E-state index in [1.54, 1.807) is 12.1 Å². The van der Waals surface area contributed by atoms with Gasteiger partial charge in [-0.1, -0.05) is 19.9 Å². The second-order valence-corrected chi connectivity index (χ2v) is 8.01. The van der Waals surface area contributed by atoms with Crippen LogP contribution in [0.1, 0.15) is 42.1 Å². The number of nitrogens with zero attached hydrogens (tertiary/aromatic N) is 1. The zero-order valence-electron chi connectivity index (χ0n) is 17.9. The van der Waals surface area contributed by atoms with E-state index >= 15 is 0 Å². The van der Waals surface area contributed by atoms with Crippen molar-refractivity contribution in [2.24, 2.45) is 5.92 Å². The first-order valence-electron chi connectivity index (χ1n) is 10.4. The predicted molar refractivity (Wildman–Crippen MR) is 115 cm³/mol. The van der Waals surface area contributed by atoms with Gasteiger partial charge in [-0.15, -0.1) is 0 Å². The minimum Gasteiger partial charge on any atom is -0.504 e. The standard InChI is InChI=1S/C23H27FN2O6/c1-13(7-8-27)14(2)18-5-4-16(10-19(18)24)26-12-17(32-23(26)31)11-25-22(30)15-3-6-20(28)21(29)9-15/h3-6,9-10,13-14,17,27-29H,7-8,11-12H2,1-2H3,(H,25,30). The molecular weight excluding hydrogens is 419 g/mol. The van der Waals surface area contributed by atoms with Crippen molar-refractivity contribution < 1.29 is 34.0 Å². The molecule has 1 fully saturated rings. The van der Waals surface area contributed by atoms with Crippen LogP contribution in [0.15, 0.2) is 36.4 Å². The molecule has 3 atom stereocenters. The fourth-order valence-electron chi connectivity index (χ4n) is 3.63. The third-order valence-corrected chi connectivity index (χ3v) is 5.83. The molecule has 2 amide bonds. The van der Waals surface area contributed by atoms with Crippen molar-refractivity contribution in [3.63, 3.8) is 0 Å². The van der Waals surface area contributed by atoms with Crippen LogP contribution in [0.3, 0.4) is 0 Å². The van der Waals surface area contributed by atoms with E-state index in [1.807, 2.05) is 13.8 Å². The van der Waals surface area contributed by atoms with Crippen LogP contribution in [0.4, 0.5) is 14.9 Å². The van der Waals surface area contributed by atoms with Crippen molar-refractivity contribution in [3.05, 3.63) is 53.3 Å². The zero-order valence-corrected chi connectivity index (χ0v) is 17.9. The lowest BCUT2D eigenvalue weighted by atomic mass is 9.86. The summed E-state index contributed by atoms with van der Waals surface area (Å²) in [6.45, 7) is 4.05. The Morgan fingerprint density at radius 1 is 1.22 bits per heavy atom. The molecule has 3 unspecified atom stereocenters. The van der Waals surface area contributed by atoms with Crippen LogP contribution in [0, 0.1) is 11.7 Å². The van der Waals surface area contributed by atoms with Gasteiger partial charge >= 0.3 is 6.09 Å². The van der Waals surface area contributed by atoms with Crippen molar-refractivity contribution in [3.8, 4) is 11.5 Å². The van der Waals surface area contributed by atoms with Gasteiger partial charge in [0.1, 0.15) is 11.9 Å². The van der Waals surface area contributed by atoms with E-state index in [-0.39, 0.29) is 42.8 Å². The number of phenols is 2. The number of benzene rings is 2. The summed E-state index contributed by atoms with van der Waals surface area (Å²) in [5.74, 6) is -1.68. The van der Waals surface area contributed by atoms with E-state index < -0.39 is 29.7 Å². The van der Waals surface area contributed by atoms with Crippen LogP contribution < -0.4 is 10.2 Å². The molecule has 1 heterocycles. The van der Waals surface area contributed by atoms with Gasteiger partial charge in [-0.2, -0.15) is 0 Å². The molecule has 3 rings (SSSR count). The van der Waals surface area contributed by atoms with Gasteiger partial charge in [-0.05, 0) is 54.2 Å². The molecule has 0 saturated carbocycles. The molecular formula is C23H27FN2O6. The summed E-state index contributed by atoms with van der Waals surface area (Å²) in [6, 6.07) is 8.27. The highest BCUT2D eigenvalue weighted by Gasteiger charge is 2.33. The van der Waals surface area contributed by atoms with E-state index in [0.717, 1.165) is 6.07 Å². The summed E-state index contributed by atoms with van der Waals surface area (Å²) in [5, 5.41) is 30.6. The number of aliphatic hydroxyl groups excluding tert-OH is 1. The third-order valence-electron chi connectivity index (χ3n) is 5.83. The number of halogens is 1. The molecule has 2 aromatic carbocycles. The average molecular weight is 446 g/mol. The molecule has 9 heteroatoms. The molecule has 172 valence electrons. The number of amides is 2. The first kappa shape index (κ1) is 23.3. The lowest BCUT2D eigenvalue weighted by Gasteiger charge is -2.21. The monoisotopic (exact) mass is 446 g/mol. The number of phenolic OH excluding ortho intramolecular Hbond substituents is 2. The van der Waals surface area contributed by atoms with E-state index in [0.29, 0.717) is 17.7 Å². The first-order chi connectivity index (χ1) is 15.2. The molecule has 0 bridgehead atoms. The average Bonchev–Trinajstić information content (AvgIpc) is 3.14. The molecule has 1 aliphatic rings. The van der Waals surface area contributed by atoms with Crippen LogP contribution in [-0.2, 0) is 4.74 Å². The number of carbonyl (C=O) groups excluding carboxylic acids is 2. The number of hydrogen-bond acceptors (Lipinski definition) is 6. The fourth-order valence-corrected chi connectivity index (χ4v) is 3.63. The van der Waals surface area contributed by atoms with E-state index in [9.17, 15) is 24.2 Å². The maximum absolute atomic E-state index is 14.7. The number of hydrogen-bond donors (Lipinski definition) is 4. The lowest BCUT2D eigenvalue weighted by molar-refractivity contribution is 0.0915. The maximum Gasteiger partial charge on any atom is 0.414 e. The van der Waals surface area contributed by atoms with Gasteiger partial charge in [-0.3, -0.25) is 9.69 Å². The summed E-state index contributed by atoms with van der Waals surface area (Å²) in [4.78, 5) is 25.8. The zero-order chi connectivity index (χ0) is 23.4. The topological polar surface area (TPSA) is 119 Å². The minimum atomic E-state index is -0.639. The van der Waals surface area contributed by atoms with Crippen LogP contribution in [0.2, 0.25) is 0 Å². The summed E-state index contributed by atoms with van der Waals surface area (Å²) >= 11 is 0. The van der Waals surface area contributed by atoms with Gasteiger partial charge in [0.25, 0.3) is 5.91 Å². The molecule has 4 N–H and O–H groups in total. The third kappa shape index (κ3) is 5.11. The second kappa shape index (κ2) is 9.86. The molecule has 2 aromatic rings. The molecule has 0 radical (unpaired) electrons. The SMILES string of the molecule is CC(CCO)C(C)c1ccc(N2CC(CNC(=O)c3ccc(O)c(O)c3)OC2=O)cc1F. The molecule has 32 heavy (non-hydrogen) atoms. The van der Waals surface area contributed by atoms with Crippen LogP contribution in [-0.4, -0.2) is 53.1 Å². The molecule has 0 aliphatic carbocycles. The number of rotatable bonds is 8. The molecule has 0 aromatic heterocycles. The largest absolute Gasteiger partial charge is 0.504 e. The Morgan fingerprint density at radius 3 is 2.62 bits per heavy atom. The number of carbonyl (C=O) groups is 2. The highest BCUT2D eigenvalue weighted by atomic mass is 19.1. The summed E-state index contributed by atoms with van der Waals surface area (Å²) in [5.41, 5.74) is 1.02. The number of cyclic esters (lactones) is 1. The van der Waals surface area contributed by atoms with Crippen molar-refractivity contribution in [1.82, 2.24) is 5.32 Å². The second-order valence-electron chi connectivity index (χ2n) is 8.01. The van der Waals surface area contributed by atoms with E-state index in [2.05, 4.69) is 5.32 Å². The van der Waals surface area contributed by atoms with Gasteiger partial charge < -0.3 is 25.4 Å². The predicted octanol–water partition coefficient (Wildman–Crippen LogP) is 3.11. The minimum absolute atomic E-state index is 0.0268. The van der Waals surface area contributed by atoms with E-state index in [1.165, 1.54) is 23.1 Å². The van der Waals surface area contributed by atoms with Gasteiger partial charge in [0.15, 0.2) is 11.5 Å². The highest BCUT2D eigenvalue weighted by molar-refractivity contribution is 5.95. The summed E-state index contributed by atoms with van der Waals surface area (Å²) in [7, 11) is 0. The quantitative estimate of drug-likeness (QED) is 0.463. The first-order valence-corrected chi connectivity index (χ1v) is 10.4. The number of aromatic hydroxyl groups is 2. The Balaban J connectivity index is 1.62. The normalized spacial score (nSPS) is 17.7. The van der Waals surface area contributed by atoms with Crippen LogP contribution in [0.5, 0.6) is 11.5 Å². The Bertz CT molecular complexity index is 998. The van der Waals surface area contributed by atoms with Crippen LogP contribution in [0.25, 0.3) is 0 Å². The highest BCUT2D eigenvalue weighted by Crippen LogP contribution is 2.31. The maximum atomic E-state index is 14.7. The van der Waals surface area contributed by atoms with Gasteiger partial charge in [-0.25, -0.2) is 9.18 Å². The lowest BCUT2D eigenvalue weighted by Crippen LogP contribution is -2.34. The number of anilines is 1. The molecule has 8 nitrogen and oxygen atoms in total. The van der Waals surface area contributed by atoms with Crippen molar-refractivity contribution >= 4 is 17.7 Å². The van der Waals surface area contributed by atoms with Gasteiger partial charge in [0.05, 0.1) is 18.8 Å². The smallest absolute Gasteiger partial charge is 0.414 e. The summed E-state index contributed by atoms with van der Waals surface area (Å²) in [6.07, 6.45) is -0.707. The van der Waals surface area contributed by atoms with Crippen molar-refractivity contribution in [2.75, 3.05) is 24.6 Å². The Kier molecular flexibility index (Phi) is 7.19. The van der Waals surface area contributed by atoms with E-state index in [4.69, 9.17) is 9.84 Å². The fraction of sp³-hybridized carbons (Fsp3) is 0.391. The van der Waals surface area contributed by atoms with Crippen molar-refractivity contribution in [2.45, 2.75) is 32.3 Å². The number of aliphatic hydroxyl groups is 1. The van der Waals surface area contributed by atoms with Gasteiger partial charge in [0.2, 0.25) is 0 Å². The Morgan fingerprint density at radius 2 is 1.97 bits per heavy atom. The molecule has 1 aliphatic heterocycles. The van der Waals surface area contributed by atoms with Crippen LogP contribution >= 0.6 is 0 Å². The number of nitrogens with one attached hydrogen (secondary N) is 1. The molecule has 1 saturated heterocycles.